The Morgan fingerprint density at radius 1 is 1.06 bits per heavy atom. The normalized spacial score (nSPS) is 15.6. The molecule has 176 valence electrons. The Kier molecular flexibility index (Phi) is 7.82. The van der Waals surface area contributed by atoms with Gasteiger partial charge in [-0.2, -0.15) is 0 Å². The van der Waals surface area contributed by atoms with E-state index in [-0.39, 0.29) is 11.7 Å². The summed E-state index contributed by atoms with van der Waals surface area (Å²) < 4.78 is 22.5. The van der Waals surface area contributed by atoms with Crippen LogP contribution in [0.5, 0.6) is 17.2 Å². The fourth-order valence-electron chi connectivity index (χ4n) is 3.56. The van der Waals surface area contributed by atoms with Crippen molar-refractivity contribution in [1.29, 1.82) is 0 Å². The predicted octanol–water partition coefficient (Wildman–Crippen LogP) is 4.21. The molecule has 1 heterocycles. The molecule has 2 aromatic rings. The van der Waals surface area contributed by atoms with Gasteiger partial charge in [0, 0.05) is 0 Å². The summed E-state index contributed by atoms with van der Waals surface area (Å²) in [6.07, 6.45) is 0.474. The quantitative estimate of drug-likeness (QED) is 0.551. The third-order valence-electron chi connectivity index (χ3n) is 4.96. The Bertz CT molecular complexity index is 1010. The molecule has 2 N–H and O–H groups in total. The Morgan fingerprint density at radius 2 is 1.70 bits per heavy atom. The van der Waals surface area contributed by atoms with Crippen molar-refractivity contribution in [3.8, 4) is 17.2 Å². The standard InChI is InChI=1S/C25H30N2O6/c1-6-12-32-23-18(30-4)13-17(14-19(23)31-5)22-20(24(28)33-15(2)3)21(26-25(29)27-22)16-10-8-7-9-11-16/h7-11,13-15,22H,6,12H2,1-5H3,(H2,26,27,29). The SMILES string of the molecule is CCCOc1c(OC)cc(C2NC(=O)NC(c3ccccc3)=C2C(=O)OC(C)C)cc1OC. The van der Waals surface area contributed by atoms with Gasteiger partial charge < -0.3 is 29.6 Å². The lowest BCUT2D eigenvalue weighted by molar-refractivity contribution is -0.143. The van der Waals surface area contributed by atoms with E-state index in [4.69, 9.17) is 18.9 Å². The highest BCUT2D eigenvalue weighted by molar-refractivity contribution is 6.04. The largest absolute Gasteiger partial charge is 0.493 e. The molecule has 0 saturated heterocycles. The zero-order valence-electron chi connectivity index (χ0n) is 19.6. The minimum absolute atomic E-state index is 0.279. The molecule has 3 rings (SSSR count). The van der Waals surface area contributed by atoms with Crippen LogP contribution in [-0.2, 0) is 9.53 Å². The molecule has 0 saturated carbocycles. The summed E-state index contributed by atoms with van der Waals surface area (Å²) >= 11 is 0. The van der Waals surface area contributed by atoms with Crippen LogP contribution in [0.1, 0.15) is 44.4 Å². The Labute approximate surface area is 193 Å². The van der Waals surface area contributed by atoms with Crippen molar-refractivity contribution in [3.63, 3.8) is 0 Å². The average Bonchev–Trinajstić information content (AvgIpc) is 2.81. The van der Waals surface area contributed by atoms with E-state index in [2.05, 4.69) is 10.6 Å². The first-order valence-corrected chi connectivity index (χ1v) is 10.9. The molecular weight excluding hydrogens is 424 g/mol. The van der Waals surface area contributed by atoms with Gasteiger partial charge in [-0.15, -0.1) is 0 Å². The van der Waals surface area contributed by atoms with Crippen LogP contribution in [0.3, 0.4) is 0 Å². The summed E-state index contributed by atoms with van der Waals surface area (Å²) in [6, 6.07) is 11.4. The highest BCUT2D eigenvalue weighted by Crippen LogP contribution is 2.42. The van der Waals surface area contributed by atoms with Gasteiger partial charge in [0.25, 0.3) is 0 Å². The monoisotopic (exact) mass is 454 g/mol. The molecule has 8 heteroatoms. The van der Waals surface area contributed by atoms with Gasteiger partial charge in [-0.05, 0) is 43.5 Å². The second kappa shape index (κ2) is 10.8. The number of esters is 1. The molecule has 0 aromatic heterocycles. The summed E-state index contributed by atoms with van der Waals surface area (Å²) in [5, 5.41) is 5.62. The van der Waals surface area contributed by atoms with Gasteiger partial charge in [-0.25, -0.2) is 9.59 Å². The molecule has 2 aromatic carbocycles. The average molecular weight is 455 g/mol. The molecule has 1 aliphatic rings. The number of methoxy groups -OCH3 is 2. The van der Waals surface area contributed by atoms with E-state index in [0.717, 1.165) is 6.42 Å². The number of ether oxygens (including phenoxy) is 4. The van der Waals surface area contributed by atoms with Gasteiger partial charge in [-0.3, -0.25) is 0 Å². The summed E-state index contributed by atoms with van der Waals surface area (Å²) in [5.41, 5.74) is 1.95. The second-order valence-electron chi connectivity index (χ2n) is 7.74. The number of benzene rings is 2. The van der Waals surface area contributed by atoms with Crippen molar-refractivity contribution in [1.82, 2.24) is 10.6 Å². The number of urea groups is 1. The smallest absolute Gasteiger partial charge is 0.338 e. The van der Waals surface area contributed by atoms with Crippen LogP contribution >= 0.6 is 0 Å². The lowest BCUT2D eigenvalue weighted by atomic mass is 9.92. The van der Waals surface area contributed by atoms with Gasteiger partial charge >= 0.3 is 12.0 Å². The van der Waals surface area contributed by atoms with Gasteiger partial charge in [0.2, 0.25) is 5.75 Å². The summed E-state index contributed by atoms with van der Waals surface area (Å²) in [5.74, 6) is 0.793. The van der Waals surface area contributed by atoms with Crippen molar-refractivity contribution >= 4 is 17.7 Å². The first-order valence-electron chi connectivity index (χ1n) is 10.9. The van der Waals surface area contributed by atoms with E-state index in [9.17, 15) is 9.59 Å². The van der Waals surface area contributed by atoms with Crippen molar-refractivity contribution < 1.29 is 28.5 Å². The molecule has 1 unspecified atom stereocenters. The summed E-state index contributed by atoms with van der Waals surface area (Å²) in [7, 11) is 3.05. The number of nitrogens with one attached hydrogen (secondary N) is 2. The molecule has 0 bridgehead atoms. The van der Waals surface area contributed by atoms with Gasteiger partial charge in [-0.1, -0.05) is 37.3 Å². The molecule has 0 radical (unpaired) electrons. The molecule has 1 atom stereocenters. The summed E-state index contributed by atoms with van der Waals surface area (Å²) in [6.45, 7) is 6.04. The first-order chi connectivity index (χ1) is 15.9. The number of rotatable bonds is 9. The number of amides is 2. The Morgan fingerprint density at radius 3 is 2.24 bits per heavy atom. The van der Waals surface area contributed by atoms with Gasteiger partial charge in [0.05, 0.1) is 44.2 Å². The topological polar surface area (TPSA) is 95.1 Å². The highest BCUT2D eigenvalue weighted by Gasteiger charge is 2.36. The van der Waals surface area contributed by atoms with Crippen LogP contribution in [0.4, 0.5) is 4.79 Å². The van der Waals surface area contributed by atoms with E-state index < -0.39 is 18.0 Å². The fourth-order valence-corrected chi connectivity index (χ4v) is 3.56. The maximum absolute atomic E-state index is 13.2. The number of carbonyl (C=O) groups excluding carboxylic acids is 2. The van der Waals surface area contributed by atoms with E-state index in [1.807, 2.05) is 37.3 Å². The molecule has 33 heavy (non-hydrogen) atoms. The third-order valence-corrected chi connectivity index (χ3v) is 4.96. The van der Waals surface area contributed by atoms with Crippen LogP contribution in [-0.4, -0.2) is 38.9 Å². The maximum Gasteiger partial charge on any atom is 0.338 e. The number of hydrogen-bond donors (Lipinski definition) is 2. The van der Waals surface area contributed by atoms with Crippen LogP contribution in [0.15, 0.2) is 48.0 Å². The first kappa shape index (κ1) is 24.0. The minimum atomic E-state index is -0.803. The maximum atomic E-state index is 13.2. The molecular formula is C25H30N2O6. The van der Waals surface area contributed by atoms with E-state index in [0.29, 0.717) is 40.7 Å². The van der Waals surface area contributed by atoms with Crippen LogP contribution in [0, 0.1) is 0 Å². The highest BCUT2D eigenvalue weighted by atomic mass is 16.5. The van der Waals surface area contributed by atoms with E-state index >= 15 is 0 Å². The fraction of sp³-hybridized carbons (Fsp3) is 0.360. The zero-order chi connectivity index (χ0) is 24.0. The predicted molar refractivity (Wildman–Crippen MR) is 124 cm³/mol. The molecule has 8 nitrogen and oxygen atoms in total. The molecule has 0 aliphatic carbocycles. The molecule has 0 fully saturated rings. The molecule has 0 spiro atoms. The van der Waals surface area contributed by atoms with E-state index in [1.54, 1.807) is 26.0 Å². The van der Waals surface area contributed by atoms with Crippen LogP contribution in [0.25, 0.3) is 5.70 Å². The lowest BCUT2D eigenvalue weighted by Gasteiger charge is -2.30. The second-order valence-corrected chi connectivity index (χ2v) is 7.74. The molecule has 2 amide bonds. The number of carbonyl (C=O) groups is 2. The summed E-state index contributed by atoms with van der Waals surface area (Å²) in [4.78, 5) is 25.9. The van der Waals surface area contributed by atoms with Gasteiger partial charge in [0.1, 0.15) is 0 Å². The lowest BCUT2D eigenvalue weighted by Crippen LogP contribution is -2.45. The van der Waals surface area contributed by atoms with Gasteiger partial charge in [0.15, 0.2) is 11.5 Å². The Hall–Kier alpha value is -3.68. The van der Waals surface area contributed by atoms with Crippen molar-refractivity contribution in [2.45, 2.75) is 39.3 Å². The van der Waals surface area contributed by atoms with Crippen molar-refractivity contribution in [3.05, 3.63) is 59.2 Å². The van der Waals surface area contributed by atoms with Crippen LogP contribution in [0.2, 0.25) is 0 Å². The van der Waals surface area contributed by atoms with Crippen LogP contribution < -0.4 is 24.8 Å². The number of hydrogen-bond acceptors (Lipinski definition) is 6. The third kappa shape index (κ3) is 5.39. The molecule has 1 aliphatic heterocycles. The minimum Gasteiger partial charge on any atom is -0.493 e. The van der Waals surface area contributed by atoms with E-state index in [1.165, 1.54) is 14.2 Å². The Balaban J connectivity index is 2.20. The zero-order valence-corrected chi connectivity index (χ0v) is 19.6. The van der Waals surface area contributed by atoms with Crippen molar-refractivity contribution in [2.75, 3.05) is 20.8 Å². The van der Waals surface area contributed by atoms with Crippen molar-refractivity contribution in [2.24, 2.45) is 0 Å².